The van der Waals surface area contributed by atoms with Crippen LogP contribution in [0.2, 0.25) is 0 Å². The van der Waals surface area contributed by atoms with Gasteiger partial charge in [-0.15, -0.1) is 0 Å². The van der Waals surface area contributed by atoms with Gasteiger partial charge in [0.25, 0.3) is 0 Å². The van der Waals surface area contributed by atoms with Crippen LogP contribution >= 0.6 is 0 Å². The largest absolute Gasteiger partial charge is 0.457 e. The fourth-order valence-electron chi connectivity index (χ4n) is 1.09. The number of rotatable bonds is 5. The Kier molecular flexibility index (Phi) is 4.38. The van der Waals surface area contributed by atoms with Crippen molar-refractivity contribution < 1.29 is 4.74 Å². The van der Waals surface area contributed by atoms with E-state index in [-0.39, 0.29) is 0 Å². The predicted octanol–water partition coefficient (Wildman–Crippen LogP) is 2.78. The number of benzene rings is 1. The van der Waals surface area contributed by atoms with Crippen molar-refractivity contribution in [2.24, 2.45) is 5.73 Å². The van der Waals surface area contributed by atoms with Gasteiger partial charge in [0.1, 0.15) is 11.5 Å². The molecule has 0 saturated heterocycles. The Balaban J connectivity index is 2.75. The van der Waals surface area contributed by atoms with E-state index in [9.17, 15) is 0 Å². The second-order valence-corrected chi connectivity index (χ2v) is 2.96. The van der Waals surface area contributed by atoms with Crippen LogP contribution in [-0.4, -0.2) is 0 Å². The fraction of sp³-hybridized carbons (Fsp3) is 0.0769. The molecule has 0 heterocycles. The Bertz CT molecular complexity index is 363. The minimum absolute atomic E-state index is 0.539. The molecule has 0 aliphatic heterocycles. The third-order valence-corrected chi connectivity index (χ3v) is 1.88. The minimum Gasteiger partial charge on any atom is -0.457 e. The highest BCUT2D eigenvalue weighted by atomic mass is 16.5. The van der Waals surface area contributed by atoms with E-state index in [0.717, 1.165) is 11.3 Å². The lowest BCUT2D eigenvalue weighted by molar-refractivity contribution is 0.444. The van der Waals surface area contributed by atoms with Crippen molar-refractivity contribution in [3.63, 3.8) is 0 Å². The number of allylic oxidation sites excluding steroid dienone is 3. The van der Waals surface area contributed by atoms with Crippen LogP contribution in [0.15, 0.2) is 61.4 Å². The second kappa shape index (κ2) is 5.83. The zero-order valence-electron chi connectivity index (χ0n) is 8.65. The molecule has 15 heavy (non-hydrogen) atoms. The summed E-state index contributed by atoms with van der Waals surface area (Å²) < 4.78 is 5.53. The van der Waals surface area contributed by atoms with Crippen LogP contribution in [0.3, 0.4) is 0 Å². The normalized spacial score (nSPS) is 10.9. The minimum atomic E-state index is 0.539. The zero-order chi connectivity index (χ0) is 11.1. The van der Waals surface area contributed by atoms with Crippen LogP contribution in [0.4, 0.5) is 0 Å². The molecular weight excluding hydrogens is 186 g/mol. The highest BCUT2D eigenvalue weighted by molar-refractivity contribution is 5.30. The quantitative estimate of drug-likeness (QED) is 0.587. The number of hydrogen-bond acceptors (Lipinski definition) is 2. The van der Waals surface area contributed by atoms with E-state index in [1.807, 2.05) is 24.3 Å². The Hall–Kier alpha value is -1.80. The van der Waals surface area contributed by atoms with Gasteiger partial charge < -0.3 is 10.5 Å². The lowest BCUT2D eigenvalue weighted by Gasteiger charge is -2.06. The Labute approximate surface area is 90.4 Å². The van der Waals surface area contributed by atoms with Crippen molar-refractivity contribution in [3.8, 4) is 5.75 Å². The Morgan fingerprint density at radius 3 is 2.40 bits per heavy atom. The molecule has 0 aromatic heterocycles. The first kappa shape index (κ1) is 11.3. The van der Waals surface area contributed by atoms with Crippen LogP contribution in [0.5, 0.6) is 5.75 Å². The molecule has 0 aliphatic rings. The van der Waals surface area contributed by atoms with Crippen molar-refractivity contribution in [1.82, 2.24) is 0 Å². The van der Waals surface area contributed by atoms with Gasteiger partial charge in [-0.25, -0.2) is 0 Å². The average Bonchev–Trinajstić information content (AvgIpc) is 2.29. The summed E-state index contributed by atoms with van der Waals surface area (Å²) in [6.45, 7) is 7.78. The molecule has 0 atom stereocenters. The molecule has 1 aromatic rings. The monoisotopic (exact) mass is 201 g/mol. The summed E-state index contributed by atoms with van der Waals surface area (Å²) in [5, 5.41) is 0. The van der Waals surface area contributed by atoms with Crippen LogP contribution in [0.1, 0.15) is 5.56 Å². The molecule has 0 aliphatic carbocycles. The smallest absolute Gasteiger partial charge is 0.127 e. The maximum atomic E-state index is 5.53. The SMILES string of the molecule is C=C/C=C(\C=C)Oc1ccc(CN)cc1. The van der Waals surface area contributed by atoms with Crippen molar-refractivity contribution in [2.75, 3.05) is 0 Å². The molecule has 0 fully saturated rings. The van der Waals surface area contributed by atoms with Crippen molar-refractivity contribution in [1.29, 1.82) is 0 Å². The molecule has 0 amide bonds. The summed E-state index contributed by atoms with van der Waals surface area (Å²) in [6, 6.07) is 7.62. The topological polar surface area (TPSA) is 35.2 Å². The highest BCUT2D eigenvalue weighted by Crippen LogP contribution is 2.15. The van der Waals surface area contributed by atoms with E-state index in [0.29, 0.717) is 12.3 Å². The van der Waals surface area contributed by atoms with Gasteiger partial charge in [-0.3, -0.25) is 0 Å². The Morgan fingerprint density at radius 2 is 1.93 bits per heavy atom. The number of nitrogens with two attached hydrogens (primary N) is 1. The van der Waals surface area contributed by atoms with Crippen LogP contribution in [0, 0.1) is 0 Å². The van der Waals surface area contributed by atoms with Gasteiger partial charge >= 0.3 is 0 Å². The maximum Gasteiger partial charge on any atom is 0.127 e. The van der Waals surface area contributed by atoms with Gasteiger partial charge in [-0.05, 0) is 29.8 Å². The summed E-state index contributed by atoms with van der Waals surface area (Å²) in [4.78, 5) is 0. The second-order valence-electron chi connectivity index (χ2n) is 2.96. The molecule has 1 rings (SSSR count). The molecule has 0 bridgehead atoms. The molecule has 2 nitrogen and oxygen atoms in total. The highest BCUT2D eigenvalue weighted by Gasteiger charge is 1.96. The first-order valence-electron chi connectivity index (χ1n) is 4.72. The molecule has 0 radical (unpaired) electrons. The van der Waals surface area contributed by atoms with E-state index < -0.39 is 0 Å². The summed E-state index contributed by atoms with van der Waals surface area (Å²) in [6.07, 6.45) is 5.05. The van der Waals surface area contributed by atoms with Crippen LogP contribution < -0.4 is 10.5 Å². The molecule has 0 unspecified atom stereocenters. The number of ether oxygens (including phenoxy) is 1. The zero-order valence-corrected chi connectivity index (χ0v) is 8.65. The molecule has 2 N–H and O–H groups in total. The summed E-state index contributed by atoms with van der Waals surface area (Å²) >= 11 is 0. The molecule has 0 saturated carbocycles. The van der Waals surface area contributed by atoms with Gasteiger partial charge in [0, 0.05) is 6.54 Å². The standard InChI is InChI=1S/C13H15NO/c1-3-5-12(4-2)15-13-8-6-11(10-14)7-9-13/h3-9H,1-2,10,14H2/b12-5+. The fourth-order valence-corrected chi connectivity index (χ4v) is 1.09. The maximum absolute atomic E-state index is 5.53. The van der Waals surface area contributed by atoms with E-state index in [1.165, 1.54) is 0 Å². The van der Waals surface area contributed by atoms with Gasteiger partial charge in [0.05, 0.1) is 0 Å². The summed E-state index contributed by atoms with van der Waals surface area (Å²) in [5.74, 6) is 1.44. The Morgan fingerprint density at radius 1 is 1.27 bits per heavy atom. The van der Waals surface area contributed by atoms with E-state index in [4.69, 9.17) is 10.5 Å². The van der Waals surface area contributed by atoms with Crippen LogP contribution in [0.25, 0.3) is 0 Å². The first-order chi connectivity index (χ1) is 7.30. The van der Waals surface area contributed by atoms with Gasteiger partial charge in [-0.2, -0.15) is 0 Å². The summed E-state index contributed by atoms with van der Waals surface area (Å²) in [7, 11) is 0. The molecule has 0 spiro atoms. The number of hydrogen-bond donors (Lipinski definition) is 1. The van der Waals surface area contributed by atoms with E-state index >= 15 is 0 Å². The molecular formula is C13H15NO. The van der Waals surface area contributed by atoms with Crippen molar-refractivity contribution >= 4 is 0 Å². The molecule has 2 heteroatoms. The van der Waals surface area contributed by atoms with Gasteiger partial charge in [0.15, 0.2) is 0 Å². The third-order valence-electron chi connectivity index (χ3n) is 1.88. The molecule has 78 valence electrons. The van der Waals surface area contributed by atoms with Gasteiger partial charge in [-0.1, -0.05) is 31.4 Å². The van der Waals surface area contributed by atoms with E-state index in [1.54, 1.807) is 18.2 Å². The predicted molar refractivity (Wildman–Crippen MR) is 63.4 cm³/mol. The van der Waals surface area contributed by atoms with E-state index in [2.05, 4.69) is 13.2 Å². The van der Waals surface area contributed by atoms with Crippen molar-refractivity contribution in [2.45, 2.75) is 6.54 Å². The average molecular weight is 201 g/mol. The lowest BCUT2D eigenvalue weighted by Crippen LogP contribution is -1.96. The lowest BCUT2D eigenvalue weighted by atomic mass is 10.2. The van der Waals surface area contributed by atoms with Crippen LogP contribution in [-0.2, 0) is 6.54 Å². The molecule has 1 aromatic carbocycles. The summed E-state index contributed by atoms with van der Waals surface area (Å²) in [5.41, 5.74) is 6.57. The van der Waals surface area contributed by atoms with Crippen molar-refractivity contribution in [3.05, 3.63) is 67.0 Å². The van der Waals surface area contributed by atoms with Gasteiger partial charge in [0.2, 0.25) is 0 Å². The third kappa shape index (κ3) is 3.44. The first-order valence-corrected chi connectivity index (χ1v) is 4.72.